The van der Waals surface area contributed by atoms with E-state index in [1.165, 1.54) is 51.4 Å². The molecule has 2 N–H and O–H groups in total. The molecule has 0 amide bonds. The van der Waals surface area contributed by atoms with Gasteiger partial charge in [-0.05, 0) is 70.3 Å². The van der Waals surface area contributed by atoms with Gasteiger partial charge in [-0.2, -0.15) is 0 Å². The Labute approximate surface area is 124 Å². The predicted molar refractivity (Wildman–Crippen MR) is 82.7 cm³/mol. The first-order valence-corrected chi connectivity index (χ1v) is 8.72. The molecule has 0 aromatic carbocycles. The van der Waals surface area contributed by atoms with Crippen molar-refractivity contribution in [2.75, 3.05) is 20.2 Å². The van der Waals surface area contributed by atoms with Gasteiger partial charge in [0.15, 0.2) is 0 Å². The first-order chi connectivity index (χ1) is 9.63. The molecular formula is C17H32N2O. The number of nitrogens with one attached hydrogen (secondary N) is 1. The van der Waals surface area contributed by atoms with E-state index >= 15 is 0 Å². The largest absolute Gasteiger partial charge is 0.394 e. The second kappa shape index (κ2) is 5.94. The molecule has 0 radical (unpaired) electrons. The molecular weight excluding hydrogens is 248 g/mol. The van der Waals surface area contributed by atoms with Gasteiger partial charge in [-0.15, -0.1) is 0 Å². The van der Waals surface area contributed by atoms with Crippen LogP contribution in [0.1, 0.15) is 58.3 Å². The van der Waals surface area contributed by atoms with E-state index in [1.807, 2.05) is 0 Å². The van der Waals surface area contributed by atoms with Crippen molar-refractivity contribution in [2.24, 2.45) is 11.8 Å². The number of rotatable bonds is 7. The Kier molecular flexibility index (Phi) is 4.40. The summed E-state index contributed by atoms with van der Waals surface area (Å²) in [6.45, 7) is 3.72. The molecule has 116 valence electrons. The lowest BCUT2D eigenvalue weighted by molar-refractivity contribution is 0.0685. The Morgan fingerprint density at radius 1 is 1.05 bits per heavy atom. The molecule has 3 fully saturated rings. The van der Waals surface area contributed by atoms with Gasteiger partial charge in [-0.1, -0.05) is 6.92 Å². The normalized spacial score (nSPS) is 34.2. The van der Waals surface area contributed by atoms with Crippen LogP contribution in [0.4, 0.5) is 0 Å². The zero-order valence-corrected chi connectivity index (χ0v) is 13.3. The van der Waals surface area contributed by atoms with Gasteiger partial charge in [0.25, 0.3) is 0 Å². The lowest BCUT2D eigenvalue weighted by Crippen LogP contribution is -2.59. The van der Waals surface area contributed by atoms with E-state index < -0.39 is 0 Å². The van der Waals surface area contributed by atoms with Gasteiger partial charge >= 0.3 is 0 Å². The maximum absolute atomic E-state index is 10.1. The fraction of sp³-hybridized carbons (Fsp3) is 1.00. The fourth-order valence-corrected chi connectivity index (χ4v) is 4.04. The molecule has 0 aromatic heterocycles. The summed E-state index contributed by atoms with van der Waals surface area (Å²) in [6.07, 6.45) is 10.6. The molecule has 3 heteroatoms. The number of hydrogen-bond acceptors (Lipinski definition) is 3. The van der Waals surface area contributed by atoms with E-state index in [9.17, 15) is 5.11 Å². The molecule has 0 aliphatic heterocycles. The molecule has 3 saturated carbocycles. The van der Waals surface area contributed by atoms with Crippen LogP contribution >= 0.6 is 0 Å². The van der Waals surface area contributed by atoms with Crippen molar-refractivity contribution < 1.29 is 5.11 Å². The number of aliphatic hydroxyl groups excluding tert-OH is 1. The van der Waals surface area contributed by atoms with Crippen molar-refractivity contribution in [3.63, 3.8) is 0 Å². The number of nitrogens with zero attached hydrogens (tertiary/aromatic N) is 1. The van der Waals surface area contributed by atoms with Crippen LogP contribution in [0, 0.1) is 11.8 Å². The third-order valence-electron chi connectivity index (χ3n) is 5.85. The lowest BCUT2D eigenvalue weighted by Gasteiger charge is -2.42. The summed E-state index contributed by atoms with van der Waals surface area (Å²) >= 11 is 0. The van der Waals surface area contributed by atoms with E-state index in [1.54, 1.807) is 0 Å². The second-order valence-corrected chi connectivity index (χ2v) is 7.84. The highest BCUT2D eigenvalue weighted by Crippen LogP contribution is 2.42. The zero-order chi connectivity index (χ0) is 14.2. The van der Waals surface area contributed by atoms with E-state index in [2.05, 4.69) is 24.2 Å². The molecule has 0 spiro atoms. The van der Waals surface area contributed by atoms with Gasteiger partial charge in [0, 0.05) is 18.6 Å². The van der Waals surface area contributed by atoms with E-state index in [4.69, 9.17) is 0 Å². The van der Waals surface area contributed by atoms with Crippen molar-refractivity contribution in [3.8, 4) is 0 Å². The van der Waals surface area contributed by atoms with Crippen LogP contribution < -0.4 is 5.32 Å². The van der Waals surface area contributed by atoms with Crippen LogP contribution in [0.2, 0.25) is 0 Å². The summed E-state index contributed by atoms with van der Waals surface area (Å²) in [5.74, 6) is 1.62. The van der Waals surface area contributed by atoms with Gasteiger partial charge in [-0.3, -0.25) is 0 Å². The number of hydrogen-bond donors (Lipinski definition) is 2. The van der Waals surface area contributed by atoms with E-state index in [-0.39, 0.29) is 5.54 Å². The average molecular weight is 280 g/mol. The molecule has 0 heterocycles. The Bertz CT molecular complexity index is 319. The third-order valence-corrected chi connectivity index (χ3v) is 5.85. The molecule has 3 rings (SSSR count). The van der Waals surface area contributed by atoms with Crippen molar-refractivity contribution in [1.29, 1.82) is 0 Å². The van der Waals surface area contributed by atoms with Crippen molar-refractivity contribution >= 4 is 0 Å². The maximum Gasteiger partial charge on any atom is 0.0628 e. The van der Waals surface area contributed by atoms with Crippen molar-refractivity contribution in [1.82, 2.24) is 10.2 Å². The Hall–Kier alpha value is -0.120. The minimum atomic E-state index is -0.0149. The van der Waals surface area contributed by atoms with Crippen LogP contribution in [-0.2, 0) is 0 Å². The minimum Gasteiger partial charge on any atom is -0.394 e. The number of aliphatic hydroxyl groups is 1. The van der Waals surface area contributed by atoms with Crippen LogP contribution in [0.5, 0.6) is 0 Å². The van der Waals surface area contributed by atoms with Gasteiger partial charge in [0.05, 0.1) is 12.1 Å². The van der Waals surface area contributed by atoms with E-state index in [0.717, 1.165) is 18.5 Å². The molecule has 20 heavy (non-hydrogen) atoms. The van der Waals surface area contributed by atoms with Crippen LogP contribution in [0.3, 0.4) is 0 Å². The summed E-state index contributed by atoms with van der Waals surface area (Å²) < 4.78 is 0. The lowest BCUT2D eigenvalue weighted by atomic mass is 9.85. The standard InChI is InChI=1S/C17H32N2O/c1-13-3-9-16(10-4-13)19(2)11-17(12-20,14-5-6-14)18-15-7-8-15/h13-16,18,20H,3-12H2,1-2H3. The van der Waals surface area contributed by atoms with Crippen LogP contribution in [-0.4, -0.2) is 47.8 Å². The van der Waals surface area contributed by atoms with Gasteiger partial charge in [0.1, 0.15) is 0 Å². The molecule has 0 bridgehead atoms. The monoisotopic (exact) mass is 280 g/mol. The second-order valence-electron chi connectivity index (χ2n) is 7.84. The third kappa shape index (κ3) is 3.37. The SMILES string of the molecule is CC1CCC(N(C)CC(CO)(NC2CC2)C2CC2)CC1. The fourth-order valence-electron chi connectivity index (χ4n) is 4.04. The van der Waals surface area contributed by atoms with Gasteiger partial charge in [0.2, 0.25) is 0 Å². The first kappa shape index (κ1) is 14.8. The van der Waals surface area contributed by atoms with E-state index in [0.29, 0.717) is 18.6 Å². The molecule has 3 aliphatic rings. The Morgan fingerprint density at radius 3 is 2.20 bits per heavy atom. The Balaban J connectivity index is 1.59. The first-order valence-electron chi connectivity index (χ1n) is 8.72. The summed E-state index contributed by atoms with van der Waals surface area (Å²) in [5, 5.41) is 13.9. The van der Waals surface area contributed by atoms with Crippen molar-refractivity contribution in [2.45, 2.75) is 75.9 Å². The predicted octanol–water partition coefficient (Wildman–Crippen LogP) is 2.39. The van der Waals surface area contributed by atoms with Crippen LogP contribution in [0.25, 0.3) is 0 Å². The van der Waals surface area contributed by atoms with Gasteiger partial charge in [-0.25, -0.2) is 0 Å². The van der Waals surface area contributed by atoms with Crippen LogP contribution in [0.15, 0.2) is 0 Å². The Morgan fingerprint density at radius 2 is 1.70 bits per heavy atom. The highest BCUT2D eigenvalue weighted by Gasteiger charge is 2.48. The molecule has 0 saturated heterocycles. The summed E-state index contributed by atoms with van der Waals surface area (Å²) in [6, 6.07) is 1.42. The highest BCUT2D eigenvalue weighted by molar-refractivity contribution is 5.06. The minimum absolute atomic E-state index is 0.0149. The average Bonchev–Trinajstić information content (AvgIpc) is 3.31. The number of likely N-dealkylation sites (N-methyl/N-ethyl adjacent to an activating group) is 1. The van der Waals surface area contributed by atoms with Gasteiger partial charge < -0.3 is 15.3 Å². The molecule has 3 nitrogen and oxygen atoms in total. The molecule has 1 atom stereocenters. The summed E-state index contributed by atoms with van der Waals surface area (Å²) in [7, 11) is 2.28. The quantitative estimate of drug-likeness (QED) is 0.751. The van der Waals surface area contributed by atoms with Crippen molar-refractivity contribution in [3.05, 3.63) is 0 Å². The summed E-state index contributed by atoms with van der Waals surface area (Å²) in [4.78, 5) is 2.55. The highest BCUT2D eigenvalue weighted by atomic mass is 16.3. The summed E-state index contributed by atoms with van der Waals surface area (Å²) in [5.41, 5.74) is -0.0149. The maximum atomic E-state index is 10.1. The molecule has 0 aromatic rings. The molecule has 1 unspecified atom stereocenters. The molecule has 3 aliphatic carbocycles. The topological polar surface area (TPSA) is 35.5 Å². The smallest absolute Gasteiger partial charge is 0.0628 e. The zero-order valence-electron chi connectivity index (χ0n) is 13.3.